The van der Waals surface area contributed by atoms with E-state index in [0.29, 0.717) is 6.54 Å². The van der Waals surface area contributed by atoms with E-state index in [4.69, 9.17) is 9.47 Å². The summed E-state index contributed by atoms with van der Waals surface area (Å²) < 4.78 is 43.6. The Hall–Kier alpha value is -2.55. The van der Waals surface area contributed by atoms with Crippen molar-refractivity contribution in [1.82, 2.24) is 4.90 Å². The Morgan fingerprint density at radius 1 is 1.21 bits per heavy atom. The number of ketones is 1. The SMILES string of the molecule is COC(=O)c1cc(F)c(C(=O)CC[C@H]2CN(C(=O)OC(C)(C)C)CCO2)c(F)c1. The minimum atomic E-state index is -1.13. The number of methoxy groups -OCH3 is 1. The number of amides is 1. The molecule has 9 heteroatoms. The Balaban J connectivity index is 1.98. The van der Waals surface area contributed by atoms with Gasteiger partial charge in [0.15, 0.2) is 5.78 Å². The fourth-order valence-corrected chi connectivity index (χ4v) is 2.88. The molecule has 1 aromatic rings. The van der Waals surface area contributed by atoms with Gasteiger partial charge in [0.1, 0.15) is 17.2 Å². The summed E-state index contributed by atoms with van der Waals surface area (Å²) >= 11 is 0. The maximum atomic E-state index is 14.2. The van der Waals surface area contributed by atoms with E-state index in [1.807, 2.05) is 0 Å². The van der Waals surface area contributed by atoms with Crippen LogP contribution >= 0.6 is 0 Å². The van der Waals surface area contributed by atoms with Gasteiger partial charge in [-0.25, -0.2) is 18.4 Å². The molecule has 2 rings (SSSR count). The maximum absolute atomic E-state index is 14.2. The first kappa shape index (κ1) is 22.7. The van der Waals surface area contributed by atoms with Gasteiger partial charge in [-0.1, -0.05) is 0 Å². The van der Waals surface area contributed by atoms with Crippen LogP contribution in [-0.2, 0) is 14.2 Å². The number of carbonyl (C=O) groups is 3. The highest BCUT2D eigenvalue weighted by Gasteiger charge is 2.29. The van der Waals surface area contributed by atoms with Crippen LogP contribution in [0.5, 0.6) is 0 Å². The predicted molar refractivity (Wildman–Crippen MR) is 98.8 cm³/mol. The van der Waals surface area contributed by atoms with E-state index in [9.17, 15) is 23.2 Å². The molecule has 0 aromatic heterocycles. The van der Waals surface area contributed by atoms with Crippen molar-refractivity contribution in [2.45, 2.75) is 45.3 Å². The zero-order valence-electron chi connectivity index (χ0n) is 16.9. The number of benzene rings is 1. The Bertz CT molecular complexity index is 767. The van der Waals surface area contributed by atoms with Gasteiger partial charge in [0.05, 0.1) is 37.5 Å². The third-order valence-electron chi connectivity index (χ3n) is 4.23. The number of ether oxygens (including phenoxy) is 3. The van der Waals surface area contributed by atoms with Crippen LogP contribution in [-0.4, -0.2) is 61.3 Å². The monoisotopic (exact) mass is 413 g/mol. The van der Waals surface area contributed by atoms with Gasteiger partial charge < -0.3 is 19.1 Å². The summed E-state index contributed by atoms with van der Waals surface area (Å²) in [6.45, 7) is 6.13. The van der Waals surface area contributed by atoms with Crippen molar-refractivity contribution in [1.29, 1.82) is 0 Å². The molecule has 1 aliphatic rings. The molecule has 1 fully saturated rings. The van der Waals surface area contributed by atoms with Crippen molar-refractivity contribution >= 4 is 17.8 Å². The second kappa shape index (κ2) is 9.30. The van der Waals surface area contributed by atoms with Crippen molar-refractivity contribution in [2.24, 2.45) is 0 Å². The van der Waals surface area contributed by atoms with Crippen molar-refractivity contribution in [2.75, 3.05) is 26.8 Å². The summed E-state index contributed by atoms with van der Waals surface area (Å²) in [6.07, 6.45) is -0.943. The van der Waals surface area contributed by atoms with Gasteiger partial charge in [-0.2, -0.15) is 0 Å². The molecule has 160 valence electrons. The number of hydrogen-bond donors (Lipinski definition) is 0. The van der Waals surface area contributed by atoms with Crippen LogP contribution in [0.2, 0.25) is 0 Å². The molecule has 1 heterocycles. The molecular formula is C20H25F2NO6. The van der Waals surface area contributed by atoms with Gasteiger partial charge in [-0.3, -0.25) is 4.79 Å². The molecule has 0 unspecified atom stereocenters. The molecule has 29 heavy (non-hydrogen) atoms. The molecular weight excluding hydrogens is 388 g/mol. The number of hydrogen-bond acceptors (Lipinski definition) is 6. The molecule has 0 bridgehead atoms. The third kappa shape index (κ3) is 6.22. The molecule has 7 nitrogen and oxygen atoms in total. The minimum absolute atomic E-state index is 0.176. The maximum Gasteiger partial charge on any atom is 0.410 e. The van der Waals surface area contributed by atoms with E-state index in [-0.39, 0.29) is 31.6 Å². The summed E-state index contributed by atoms with van der Waals surface area (Å²) in [5.74, 6) is -3.92. The lowest BCUT2D eigenvalue weighted by molar-refractivity contribution is -0.0443. The highest BCUT2D eigenvalue weighted by Crippen LogP contribution is 2.21. The molecule has 0 spiro atoms. The number of nitrogens with zero attached hydrogens (tertiary/aromatic N) is 1. The van der Waals surface area contributed by atoms with E-state index in [1.165, 1.54) is 4.90 Å². The molecule has 1 amide bonds. The van der Waals surface area contributed by atoms with E-state index in [2.05, 4.69) is 4.74 Å². The molecule has 0 saturated carbocycles. The Labute approximate surface area is 167 Å². The number of halogens is 2. The topological polar surface area (TPSA) is 82.1 Å². The number of esters is 1. The third-order valence-corrected chi connectivity index (χ3v) is 4.23. The van der Waals surface area contributed by atoms with Crippen LogP contribution in [0.15, 0.2) is 12.1 Å². The first-order chi connectivity index (χ1) is 13.5. The zero-order chi connectivity index (χ0) is 21.8. The van der Waals surface area contributed by atoms with Gasteiger partial charge in [0.2, 0.25) is 0 Å². The lowest BCUT2D eigenvalue weighted by Crippen LogP contribution is -2.47. The first-order valence-corrected chi connectivity index (χ1v) is 9.22. The average Bonchev–Trinajstić information content (AvgIpc) is 2.64. The van der Waals surface area contributed by atoms with Crippen molar-refractivity contribution in [3.05, 3.63) is 34.9 Å². The van der Waals surface area contributed by atoms with Crippen molar-refractivity contribution in [3.63, 3.8) is 0 Å². The highest BCUT2D eigenvalue weighted by molar-refractivity contribution is 5.98. The Morgan fingerprint density at radius 3 is 2.38 bits per heavy atom. The van der Waals surface area contributed by atoms with Crippen LogP contribution in [0.4, 0.5) is 13.6 Å². The summed E-state index contributed by atoms with van der Waals surface area (Å²) in [7, 11) is 1.09. The molecule has 0 radical (unpaired) electrons. The lowest BCUT2D eigenvalue weighted by Gasteiger charge is -2.34. The Morgan fingerprint density at radius 2 is 1.83 bits per heavy atom. The zero-order valence-corrected chi connectivity index (χ0v) is 16.9. The summed E-state index contributed by atoms with van der Waals surface area (Å²) in [6, 6.07) is 1.53. The van der Waals surface area contributed by atoms with Crippen LogP contribution in [0.3, 0.4) is 0 Å². The number of Topliss-reactive ketones (excluding diaryl/α,β-unsaturated/α-hetero) is 1. The fourth-order valence-electron chi connectivity index (χ4n) is 2.88. The van der Waals surface area contributed by atoms with Crippen LogP contribution in [0.25, 0.3) is 0 Å². The van der Waals surface area contributed by atoms with E-state index >= 15 is 0 Å². The second-order valence-corrected chi connectivity index (χ2v) is 7.69. The predicted octanol–water partition coefficient (Wildman–Crippen LogP) is 3.35. The normalized spacial score (nSPS) is 17.0. The van der Waals surface area contributed by atoms with Gasteiger partial charge >= 0.3 is 12.1 Å². The molecule has 0 N–H and O–H groups in total. The number of rotatable bonds is 5. The summed E-state index contributed by atoms with van der Waals surface area (Å²) in [4.78, 5) is 37.4. The van der Waals surface area contributed by atoms with E-state index in [0.717, 1.165) is 19.2 Å². The average molecular weight is 413 g/mol. The standard InChI is InChI=1S/C20H25F2NO6/c1-20(2,3)29-19(26)23-7-8-28-13(11-23)5-6-16(24)17-14(21)9-12(10-15(17)22)18(25)27-4/h9-10,13H,5-8,11H2,1-4H3/t13-/m0/s1. The van der Waals surface area contributed by atoms with Crippen LogP contribution < -0.4 is 0 Å². The highest BCUT2D eigenvalue weighted by atomic mass is 19.1. The molecule has 1 aromatic carbocycles. The number of carbonyl (C=O) groups excluding carboxylic acids is 3. The summed E-state index contributed by atoms with van der Waals surface area (Å²) in [5.41, 5.74) is -1.66. The van der Waals surface area contributed by atoms with Crippen molar-refractivity contribution in [3.8, 4) is 0 Å². The largest absolute Gasteiger partial charge is 0.465 e. The Kier molecular flexibility index (Phi) is 7.29. The van der Waals surface area contributed by atoms with Gasteiger partial charge in [0, 0.05) is 13.0 Å². The second-order valence-electron chi connectivity index (χ2n) is 7.69. The van der Waals surface area contributed by atoms with Crippen LogP contribution in [0.1, 0.15) is 54.3 Å². The molecule has 1 aliphatic heterocycles. The quantitative estimate of drug-likeness (QED) is 0.544. The van der Waals surface area contributed by atoms with Crippen LogP contribution in [0, 0.1) is 11.6 Å². The summed E-state index contributed by atoms with van der Waals surface area (Å²) in [5, 5.41) is 0. The molecule has 1 atom stereocenters. The van der Waals surface area contributed by atoms with Gasteiger partial charge in [-0.05, 0) is 39.3 Å². The van der Waals surface area contributed by atoms with E-state index < -0.39 is 46.7 Å². The first-order valence-electron chi connectivity index (χ1n) is 9.22. The molecule has 0 aliphatic carbocycles. The molecule has 1 saturated heterocycles. The van der Waals surface area contributed by atoms with Gasteiger partial charge in [-0.15, -0.1) is 0 Å². The fraction of sp³-hybridized carbons (Fsp3) is 0.550. The van der Waals surface area contributed by atoms with Gasteiger partial charge in [0.25, 0.3) is 0 Å². The number of morpholine rings is 1. The van der Waals surface area contributed by atoms with Crippen molar-refractivity contribution < 1.29 is 37.4 Å². The smallest absolute Gasteiger partial charge is 0.410 e. The minimum Gasteiger partial charge on any atom is -0.465 e. The van der Waals surface area contributed by atoms with E-state index in [1.54, 1.807) is 20.8 Å². The lowest BCUT2D eigenvalue weighted by atomic mass is 10.0.